The molecule has 0 radical (unpaired) electrons. The summed E-state index contributed by atoms with van der Waals surface area (Å²) in [7, 11) is 0. The Morgan fingerprint density at radius 2 is 2.00 bits per heavy atom. The molecule has 0 aromatic rings. The van der Waals surface area contributed by atoms with Crippen molar-refractivity contribution in [2.24, 2.45) is 0 Å². The number of carboxylic acids is 1. The fourth-order valence-corrected chi connectivity index (χ4v) is 3.35. The maximum Gasteiger partial charge on any atom is 0.327 e. The summed E-state index contributed by atoms with van der Waals surface area (Å²) in [5, 5.41) is 14.3. The van der Waals surface area contributed by atoms with Crippen LogP contribution in [0.3, 0.4) is 0 Å². The molecule has 8 heteroatoms. The lowest BCUT2D eigenvalue weighted by atomic mass is 10.2. The normalized spacial score (nSPS) is 21.6. The maximum absolute atomic E-state index is 12.1. The molecule has 1 aliphatic heterocycles. The van der Waals surface area contributed by atoms with E-state index in [-0.39, 0.29) is 24.2 Å². The number of aliphatic carboxylic acids is 1. The van der Waals surface area contributed by atoms with Crippen LogP contribution in [0.5, 0.6) is 0 Å². The van der Waals surface area contributed by atoms with E-state index >= 15 is 0 Å². The molecule has 3 amide bonds. The number of carbonyl (C=O) groups excluding carboxylic acids is 2. The molecule has 0 aromatic carbocycles. The molecule has 1 rings (SSSR count). The molecule has 2 atom stereocenters. The van der Waals surface area contributed by atoms with Crippen LogP contribution in [0.2, 0.25) is 0 Å². The monoisotopic (exact) mass is 303 g/mol. The average molecular weight is 303 g/mol. The quantitative estimate of drug-likeness (QED) is 0.662. The van der Waals surface area contributed by atoms with E-state index in [9.17, 15) is 14.4 Å². The fraction of sp³-hybridized carbons (Fsp3) is 0.750. The number of thioether (sulfide) groups is 1. The molecule has 114 valence electrons. The van der Waals surface area contributed by atoms with Gasteiger partial charge in [-0.15, -0.1) is 11.8 Å². The van der Waals surface area contributed by atoms with E-state index < -0.39 is 18.0 Å². The molecule has 0 aromatic heterocycles. The second-order valence-corrected chi connectivity index (χ2v) is 5.60. The summed E-state index contributed by atoms with van der Waals surface area (Å²) < 4.78 is 0. The molecule has 1 heterocycles. The van der Waals surface area contributed by atoms with Crippen LogP contribution in [-0.2, 0) is 9.59 Å². The first-order valence-electron chi connectivity index (χ1n) is 6.68. The van der Waals surface area contributed by atoms with Crippen LogP contribution in [0.25, 0.3) is 0 Å². The number of urea groups is 1. The summed E-state index contributed by atoms with van der Waals surface area (Å²) in [5.41, 5.74) is 0. The second-order valence-electron chi connectivity index (χ2n) is 4.39. The summed E-state index contributed by atoms with van der Waals surface area (Å²) in [6.07, 6.45) is 0.882. The van der Waals surface area contributed by atoms with Gasteiger partial charge in [-0.25, -0.2) is 9.59 Å². The number of nitrogens with zero attached hydrogens (tertiary/aromatic N) is 1. The molecule has 3 N–H and O–H groups in total. The van der Waals surface area contributed by atoms with Crippen LogP contribution in [0.1, 0.15) is 26.7 Å². The number of hydrogen-bond donors (Lipinski definition) is 3. The van der Waals surface area contributed by atoms with Crippen molar-refractivity contribution in [3.05, 3.63) is 0 Å². The van der Waals surface area contributed by atoms with Gasteiger partial charge in [-0.1, -0.05) is 6.92 Å². The number of hydrogen-bond acceptors (Lipinski definition) is 4. The van der Waals surface area contributed by atoms with E-state index in [1.54, 1.807) is 0 Å². The number of nitrogens with one attached hydrogen (secondary N) is 2. The van der Waals surface area contributed by atoms with Crippen LogP contribution in [0.4, 0.5) is 4.79 Å². The van der Waals surface area contributed by atoms with Crippen molar-refractivity contribution in [2.75, 3.05) is 18.8 Å². The lowest BCUT2D eigenvalue weighted by molar-refractivity contribution is -0.141. The molecule has 0 bridgehead atoms. The zero-order valence-electron chi connectivity index (χ0n) is 11.7. The standard InChI is InChI=1S/C12H21N3O4S/c1-3-10-15(8(7-20-10)11(17)18)12(19)14-6-5-9(16)13-4-2/h8,10H,3-7H2,1-2H3,(H,13,16)(H,14,19)(H,17,18). The van der Waals surface area contributed by atoms with Crippen molar-refractivity contribution >= 4 is 29.7 Å². The molecule has 0 saturated carbocycles. The number of amides is 3. The largest absolute Gasteiger partial charge is 0.480 e. The van der Waals surface area contributed by atoms with Gasteiger partial charge >= 0.3 is 12.0 Å². The summed E-state index contributed by atoms with van der Waals surface area (Å²) >= 11 is 1.47. The first kappa shape index (κ1) is 16.6. The summed E-state index contributed by atoms with van der Waals surface area (Å²) in [6.45, 7) is 4.49. The first-order chi connectivity index (χ1) is 9.51. The maximum atomic E-state index is 12.1. The highest BCUT2D eigenvalue weighted by Crippen LogP contribution is 2.31. The molecule has 0 aliphatic carbocycles. The predicted octanol–water partition coefficient (Wildman–Crippen LogP) is 0.460. The SMILES string of the molecule is CCNC(=O)CCNC(=O)N1C(CC)SCC1C(=O)O. The Morgan fingerprint density at radius 3 is 2.55 bits per heavy atom. The predicted molar refractivity (Wildman–Crippen MR) is 76.5 cm³/mol. The lowest BCUT2D eigenvalue weighted by Crippen LogP contribution is -2.50. The van der Waals surface area contributed by atoms with Crippen molar-refractivity contribution in [2.45, 2.75) is 38.1 Å². The highest BCUT2D eigenvalue weighted by atomic mass is 32.2. The molecule has 1 saturated heterocycles. The number of rotatable bonds is 6. The van der Waals surface area contributed by atoms with Gasteiger partial charge in [0.25, 0.3) is 0 Å². The number of carbonyl (C=O) groups is 3. The Kier molecular flexibility index (Phi) is 6.63. The minimum absolute atomic E-state index is 0.124. The highest BCUT2D eigenvalue weighted by Gasteiger charge is 2.40. The van der Waals surface area contributed by atoms with Crippen LogP contribution >= 0.6 is 11.8 Å². The van der Waals surface area contributed by atoms with E-state index in [0.29, 0.717) is 18.7 Å². The summed E-state index contributed by atoms with van der Waals surface area (Å²) in [4.78, 5) is 35.9. The number of carboxylic acid groups (broad SMARTS) is 1. The van der Waals surface area contributed by atoms with E-state index in [1.165, 1.54) is 16.7 Å². The van der Waals surface area contributed by atoms with Crippen LogP contribution in [0.15, 0.2) is 0 Å². The highest BCUT2D eigenvalue weighted by molar-refractivity contribution is 8.00. The topological polar surface area (TPSA) is 98.7 Å². The Bertz CT molecular complexity index is 378. The Morgan fingerprint density at radius 1 is 1.30 bits per heavy atom. The van der Waals surface area contributed by atoms with Crippen molar-refractivity contribution in [3.63, 3.8) is 0 Å². The Hall–Kier alpha value is -1.44. The van der Waals surface area contributed by atoms with Gasteiger partial charge in [-0.2, -0.15) is 0 Å². The van der Waals surface area contributed by atoms with Crippen LogP contribution in [-0.4, -0.2) is 58.2 Å². The zero-order valence-corrected chi connectivity index (χ0v) is 12.5. The van der Waals surface area contributed by atoms with E-state index in [4.69, 9.17) is 5.11 Å². The van der Waals surface area contributed by atoms with Gasteiger partial charge in [-0.3, -0.25) is 9.69 Å². The first-order valence-corrected chi connectivity index (χ1v) is 7.73. The van der Waals surface area contributed by atoms with Crippen molar-refractivity contribution in [1.82, 2.24) is 15.5 Å². The molecule has 2 unspecified atom stereocenters. The van der Waals surface area contributed by atoms with Crippen LogP contribution < -0.4 is 10.6 Å². The van der Waals surface area contributed by atoms with Gasteiger partial charge in [0.05, 0.1) is 5.37 Å². The Labute approximate surface area is 122 Å². The smallest absolute Gasteiger partial charge is 0.327 e. The lowest BCUT2D eigenvalue weighted by Gasteiger charge is -2.26. The minimum atomic E-state index is -0.993. The van der Waals surface area contributed by atoms with Gasteiger partial charge in [-0.05, 0) is 13.3 Å². The van der Waals surface area contributed by atoms with Gasteiger partial charge in [0.15, 0.2) is 0 Å². The average Bonchev–Trinajstić information content (AvgIpc) is 2.82. The molecule has 1 fully saturated rings. The zero-order chi connectivity index (χ0) is 15.1. The summed E-state index contributed by atoms with van der Waals surface area (Å²) in [5.74, 6) is -0.727. The fourth-order valence-electron chi connectivity index (χ4n) is 2.00. The van der Waals surface area contributed by atoms with E-state index in [2.05, 4.69) is 10.6 Å². The van der Waals surface area contributed by atoms with Gasteiger partial charge in [0.1, 0.15) is 6.04 Å². The van der Waals surface area contributed by atoms with Crippen LogP contribution in [0, 0.1) is 0 Å². The third-order valence-corrected chi connectivity index (χ3v) is 4.42. The third kappa shape index (κ3) is 4.29. The molecule has 0 spiro atoms. The van der Waals surface area contributed by atoms with E-state index in [1.807, 2.05) is 13.8 Å². The second kappa shape index (κ2) is 7.98. The van der Waals surface area contributed by atoms with Gasteiger partial charge in [0.2, 0.25) is 5.91 Å². The molecule has 7 nitrogen and oxygen atoms in total. The van der Waals surface area contributed by atoms with Crippen molar-refractivity contribution < 1.29 is 19.5 Å². The Balaban J connectivity index is 2.50. The van der Waals surface area contributed by atoms with E-state index in [0.717, 1.165) is 0 Å². The van der Waals surface area contributed by atoms with Gasteiger partial charge < -0.3 is 15.7 Å². The van der Waals surface area contributed by atoms with Crippen molar-refractivity contribution in [3.8, 4) is 0 Å². The molecule has 1 aliphatic rings. The minimum Gasteiger partial charge on any atom is -0.480 e. The van der Waals surface area contributed by atoms with Crippen molar-refractivity contribution in [1.29, 1.82) is 0 Å². The van der Waals surface area contributed by atoms with Gasteiger partial charge in [0, 0.05) is 25.3 Å². The molecular formula is C12H21N3O4S. The molecule has 20 heavy (non-hydrogen) atoms. The third-order valence-electron chi connectivity index (χ3n) is 2.96. The molecular weight excluding hydrogens is 282 g/mol. The summed E-state index contributed by atoms with van der Waals surface area (Å²) in [6, 6.07) is -1.21.